The van der Waals surface area contributed by atoms with E-state index in [1.165, 1.54) is 50.0 Å². The monoisotopic (exact) mass is 316 g/mol. The molecule has 3 heteroatoms. The molecule has 0 unspecified atom stereocenters. The van der Waals surface area contributed by atoms with Gasteiger partial charge in [-0.25, -0.2) is 0 Å². The first-order chi connectivity index (χ1) is 11.0. The van der Waals surface area contributed by atoms with Gasteiger partial charge >= 0.3 is 0 Å². The zero-order chi connectivity index (χ0) is 16.4. The minimum atomic E-state index is 0. The molecule has 3 nitrogen and oxygen atoms in total. The normalized spacial score (nSPS) is 23.2. The number of carbonyl (C=O) groups excluding carboxylic acids is 1. The summed E-state index contributed by atoms with van der Waals surface area (Å²) in [6.07, 6.45) is 4.80. The van der Waals surface area contributed by atoms with Crippen molar-refractivity contribution in [3.8, 4) is 0 Å². The van der Waals surface area contributed by atoms with Crippen LogP contribution in [0, 0.1) is 5.92 Å². The van der Waals surface area contributed by atoms with Gasteiger partial charge in [0.1, 0.15) is 0 Å². The lowest BCUT2D eigenvalue weighted by molar-refractivity contribution is -0.119. The van der Waals surface area contributed by atoms with Crippen molar-refractivity contribution >= 4 is 5.91 Å². The molecular weight excluding hydrogens is 284 g/mol. The van der Waals surface area contributed by atoms with Gasteiger partial charge in [-0.3, -0.25) is 4.79 Å². The van der Waals surface area contributed by atoms with Gasteiger partial charge in [0.15, 0.2) is 0 Å². The van der Waals surface area contributed by atoms with Gasteiger partial charge < -0.3 is 10.2 Å². The first-order valence-corrected chi connectivity index (χ1v) is 9.09. The molecular formula is C20H32N2O. The molecule has 0 saturated carbocycles. The summed E-state index contributed by atoms with van der Waals surface area (Å²) < 4.78 is 0. The zero-order valence-corrected chi connectivity index (χ0v) is 14.8. The second kappa shape index (κ2) is 6.64. The molecule has 23 heavy (non-hydrogen) atoms. The number of piperidine rings is 1. The predicted octanol–water partition coefficient (Wildman–Crippen LogP) is 3.89. The van der Waals surface area contributed by atoms with Gasteiger partial charge in [-0.2, -0.15) is 0 Å². The SMILES string of the molecule is CC(=O)N[C@H]1CC2(CCN(CCC(C)C)CC2)c2ccccc21.[HH]. The van der Waals surface area contributed by atoms with E-state index in [-0.39, 0.29) is 18.8 Å². The van der Waals surface area contributed by atoms with Gasteiger partial charge in [0.05, 0.1) is 6.04 Å². The molecule has 1 aromatic rings. The summed E-state index contributed by atoms with van der Waals surface area (Å²) in [5.74, 6) is 0.860. The van der Waals surface area contributed by atoms with Crippen LogP contribution < -0.4 is 5.32 Å². The van der Waals surface area contributed by atoms with Crippen LogP contribution in [0.2, 0.25) is 0 Å². The number of fused-ring (bicyclic) bond motifs is 2. The quantitative estimate of drug-likeness (QED) is 0.914. The van der Waals surface area contributed by atoms with Crippen LogP contribution in [0.15, 0.2) is 24.3 Å². The average molecular weight is 316 g/mol. The predicted molar refractivity (Wildman–Crippen MR) is 96.5 cm³/mol. The van der Waals surface area contributed by atoms with Crippen LogP contribution in [0.4, 0.5) is 0 Å². The van der Waals surface area contributed by atoms with E-state index in [4.69, 9.17) is 0 Å². The smallest absolute Gasteiger partial charge is 0.217 e. The van der Waals surface area contributed by atoms with Crippen LogP contribution in [-0.2, 0) is 10.2 Å². The molecule has 3 rings (SSSR count). The minimum Gasteiger partial charge on any atom is -0.349 e. The maximum absolute atomic E-state index is 11.6. The summed E-state index contributed by atoms with van der Waals surface area (Å²) >= 11 is 0. The summed E-state index contributed by atoms with van der Waals surface area (Å²) in [7, 11) is 0. The third-order valence-corrected chi connectivity index (χ3v) is 5.72. The number of likely N-dealkylation sites (tertiary alicyclic amines) is 1. The molecule has 1 spiro atoms. The van der Waals surface area contributed by atoms with Gasteiger partial charge in [0.25, 0.3) is 0 Å². The van der Waals surface area contributed by atoms with E-state index >= 15 is 0 Å². The maximum Gasteiger partial charge on any atom is 0.217 e. The Morgan fingerprint density at radius 2 is 2.04 bits per heavy atom. The summed E-state index contributed by atoms with van der Waals surface area (Å²) in [6.45, 7) is 9.84. The summed E-state index contributed by atoms with van der Waals surface area (Å²) in [5.41, 5.74) is 3.11. The van der Waals surface area contributed by atoms with Crippen molar-refractivity contribution < 1.29 is 6.22 Å². The van der Waals surface area contributed by atoms with Gasteiger partial charge in [0.2, 0.25) is 5.91 Å². The topological polar surface area (TPSA) is 32.3 Å². The Bertz CT molecular complexity index is 565. The number of carbonyl (C=O) groups is 1. The molecule has 1 heterocycles. The van der Waals surface area contributed by atoms with Gasteiger partial charge in [0, 0.05) is 13.8 Å². The van der Waals surface area contributed by atoms with E-state index in [1.807, 2.05) is 0 Å². The van der Waals surface area contributed by atoms with E-state index < -0.39 is 0 Å². The van der Waals surface area contributed by atoms with Crippen LogP contribution in [0.1, 0.15) is 65.0 Å². The van der Waals surface area contributed by atoms with E-state index in [0.717, 1.165) is 12.3 Å². The third kappa shape index (κ3) is 3.45. The fourth-order valence-electron chi connectivity index (χ4n) is 4.39. The van der Waals surface area contributed by atoms with Crippen molar-refractivity contribution in [3.63, 3.8) is 0 Å². The lowest BCUT2D eigenvalue weighted by Gasteiger charge is -2.40. The maximum atomic E-state index is 11.6. The third-order valence-electron chi connectivity index (χ3n) is 5.72. The van der Waals surface area contributed by atoms with E-state index in [0.29, 0.717) is 0 Å². The van der Waals surface area contributed by atoms with Crippen LogP contribution in [0.25, 0.3) is 0 Å². The van der Waals surface area contributed by atoms with Crippen LogP contribution in [0.3, 0.4) is 0 Å². The molecule has 1 atom stereocenters. The van der Waals surface area contributed by atoms with Gasteiger partial charge in [-0.05, 0) is 62.4 Å². The van der Waals surface area contributed by atoms with Gasteiger partial charge in [-0.15, -0.1) is 0 Å². The van der Waals surface area contributed by atoms with E-state index in [2.05, 4.69) is 48.3 Å². The van der Waals surface area contributed by atoms with Crippen molar-refractivity contribution in [1.82, 2.24) is 10.2 Å². The lowest BCUT2D eigenvalue weighted by Crippen LogP contribution is -2.42. The standard InChI is InChI=1S/C20H30N2O.H2/c1-15(2)8-11-22-12-9-20(10-13-22)14-19(21-16(3)23)17-6-4-5-7-18(17)20;/h4-7,15,19H,8-14H2,1-3H3,(H,21,23);1H/t19-;/m0./s1. The van der Waals surface area contributed by atoms with E-state index in [9.17, 15) is 4.79 Å². The van der Waals surface area contributed by atoms with Crippen molar-refractivity contribution in [3.05, 3.63) is 35.4 Å². The van der Waals surface area contributed by atoms with Crippen LogP contribution >= 0.6 is 0 Å². The molecule has 0 bridgehead atoms. The first kappa shape index (κ1) is 16.5. The Kier molecular flexibility index (Phi) is 4.77. The molecule has 1 saturated heterocycles. The Hall–Kier alpha value is -1.35. The number of hydrogen-bond acceptors (Lipinski definition) is 2. The number of benzene rings is 1. The highest BCUT2D eigenvalue weighted by Gasteiger charge is 2.45. The Morgan fingerprint density at radius 3 is 2.70 bits per heavy atom. The number of rotatable bonds is 4. The Morgan fingerprint density at radius 1 is 1.35 bits per heavy atom. The minimum absolute atomic E-state index is 0. The second-order valence-electron chi connectivity index (χ2n) is 7.85. The average Bonchev–Trinajstić information content (AvgIpc) is 2.81. The molecule has 1 N–H and O–H groups in total. The highest BCUT2D eigenvalue weighted by molar-refractivity contribution is 5.73. The number of amides is 1. The van der Waals surface area contributed by atoms with Gasteiger partial charge in [-0.1, -0.05) is 38.1 Å². The van der Waals surface area contributed by atoms with Crippen LogP contribution in [0.5, 0.6) is 0 Å². The van der Waals surface area contributed by atoms with Crippen LogP contribution in [-0.4, -0.2) is 30.4 Å². The largest absolute Gasteiger partial charge is 0.349 e. The molecule has 0 radical (unpaired) electrons. The fraction of sp³-hybridized carbons (Fsp3) is 0.650. The zero-order valence-electron chi connectivity index (χ0n) is 14.8. The van der Waals surface area contributed by atoms with E-state index in [1.54, 1.807) is 6.92 Å². The molecule has 1 fully saturated rings. The highest BCUT2D eigenvalue weighted by atomic mass is 16.1. The van der Waals surface area contributed by atoms with Crippen molar-refractivity contribution in [2.75, 3.05) is 19.6 Å². The summed E-state index contributed by atoms with van der Waals surface area (Å²) in [5, 5.41) is 3.17. The summed E-state index contributed by atoms with van der Waals surface area (Å²) in [4.78, 5) is 14.2. The molecule has 1 amide bonds. The highest BCUT2D eigenvalue weighted by Crippen LogP contribution is 2.50. The first-order valence-electron chi connectivity index (χ1n) is 9.09. The van der Waals surface area contributed by atoms with Crippen molar-refractivity contribution in [2.24, 2.45) is 5.92 Å². The Labute approximate surface area is 141 Å². The molecule has 128 valence electrons. The molecule has 0 aromatic heterocycles. The number of hydrogen-bond donors (Lipinski definition) is 1. The Balaban J connectivity index is 0.00000208. The van der Waals surface area contributed by atoms with Crippen molar-refractivity contribution in [2.45, 2.75) is 57.9 Å². The molecule has 1 aliphatic heterocycles. The number of nitrogens with one attached hydrogen (secondary N) is 1. The molecule has 1 aliphatic carbocycles. The fourth-order valence-corrected chi connectivity index (χ4v) is 4.39. The lowest BCUT2D eigenvalue weighted by atomic mass is 9.73. The summed E-state index contributed by atoms with van der Waals surface area (Å²) in [6, 6.07) is 8.95. The van der Waals surface area contributed by atoms with Crippen molar-refractivity contribution in [1.29, 1.82) is 0 Å². The second-order valence-corrected chi connectivity index (χ2v) is 7.85. The molecule has 2 aliphatic rings. The molecule has 1 aromatic carbocycles. The number of nitrogens with zero attached hydrogens (tertiary/aromatic N) is 1.